The number of aromatic nitrogens is 1. The number of hydrogen-bond donors (Lipinski definition) is 5. The maximum absolute atomic E-state index is 12.6. The highest BCUT2D eigenvalue weighted by atomic mass is 16.7. The van der Waals surface area contributed by atoms with E-state index in [1.54, 1.807) is 18.2 Å². The molecule has 3 aromatic rings. The summed E-state index contributed by atoms with van der Waals surface area (Å²) in [6.45, 7) is 1.26. The highest BCUT2D eigenvalue weighted by Crippen LogP contribution is 2.27. The van der Waals surface area contributed by atoms with Crippen LogP contribution in [-0.2, 0) is 22.0 Å². The van der Waals surface area contributed by atoms with Gasteiger partial charge in [0.1, 0.15) is 6.04 Å². The molecule has 5 rings (SSSR count). The Kier molecular flexibility index (Phi) is 5.92. The molecule has 0 spiro atoms. The van der Waals surface area contributed by atoms with Gasteiger partial charge in [-0.1, -0.05) is 30.3 Å². The minimum atomic E-state index is -3.40. The fraction of sp³-hybridized carbons (Fsp3) is 0.375. The number of carbonyl (C=O) groups is 1. The second-order valence-corrected chi connectivity index (χ2v) is 8.94. The molecule has 182 valence electrons. The Morgan fingerprint density at radius 2 is 1.94 bits per heavy atom. The van der Waals surface area contributed by atoms with Crippen molar-refractivity contribution in [2.24, 2.45) is 5.92 Å². The van der Waals surface area contributed by atoms with E-state index < -0.39 is 17.9 Å². The molecule has 3 heterocycles. The molecule has 5 N–H and O–H groups in total. The molecule has 1 amide bonds. The predicted molar refractivity (Wildman–Crippen MR) is 121 cm³/mol. The topological polar surface area (TPSA) is 170 Å². The van der Waals surface area contributed by atoms with E-state index in [1.165, 1.54) is 12.1 Å². The predicted octanol–water partition coefficient (Wildman–Crippen LogP) is -0.266. The van der Waals surface area contributed by atoms with Crippen molar-refractivity contribution in [2.75, 3.05) is 13.2 Å². The Balaban J connectivity index is 1.28. The minimum absolute atomic E-state index is 0.00700. The molecule has 2 fully saturated rings. The molecule has 1 aromatic heterocycles. The number of carbonyl (C=O) groups excluding carboxylic acids is 1. The van der Waals surface area contributed by atoms with E-state index in [-0.39, 0.29) is 29.1 Å². The van der Waals surface area contributed by atoms with Crippen molar-refractivity contribution >= 4 is 17.0 Å². The second kappa shape index (κ2) is 8.92. The van der Waals surface area contributed by atoms with Gasteiger partial charge in [0.15, 0.2) is 5.58 Å². The van der Waals surface area contributed by atoms with Gasteiger partial charge in [-0.3, -0.25) is 4.79 Å². The number of ether oxygens (including phenoxy) is 1. The van der Waals surface area contributed by atoms with Crippen LogP contribution in [0.2, 0.25) is 0 Å². The molecule has 0 radical (unpaired) electrons. The van der Waals surface area contributed by atoms with Crippen LogP contribution < -0.4 is 16.4 Å². The lowest BCUT2D eigenvalue weighted by atomic mass is 10.00. The van der Waals surface area contributed by atoms with Crippen LogP contribution in [0.25, 0.3) is 22.2 Å². The Morgan fingerprint density at radius 1 is 1.20 bits per heavy atom. The average molecular weight is 480 g/mol. The third kappa shape index (κ3) is 4.58. The Morgan fingerprint density at radius 3 is 2.63 bits per heavy atom. The molecule has 2 aliphatic rings. The summed E-state index contributed by atoms with van der Waals surface area (Å²) in [6, 6.07) is 13.2. The summed E-state index contributed by atoms with van der Waals surface area (Å²) in [5.74, 6) is -0.970. The molecule has 0 bridgehead atoms. The van der Waals surface area contributed by atoms with Crippen molar-refractivity contribution in [3.63, 3.8) is 0 Å². The van der Waals surface area contributed by atoms with Crippen molar-refractivity contribution in [3.05, 3.63) is 58.6 Å². The van der Waals surface area contributed by atoms with Gasteiger partial charge in [0, 0.05) is 18.4 Å². The Hall–Kier alpha value is -3.53. The number of nitrogens with zero attached hydrogens (tertiary/aromatic N) is 2. The first-order valence-corrected chi connectivity index (χ1v) is 11.2. The lowest BCUT2D eigenvalue weighted by molar-refractivity contribution is -0.375. The zero-order valence-corrected chi connectivity index (χ0v) is 18.5. The van der Waals surface area contributed by atoms with E-state index >= 15 is 0 Å². The molecule has 11 nitrogen and oxygen atoms in total. The highest BCUT2D eigenvalue weighted by molar-refractivity contribution is 5.83. The molecule has 11 heteroatoms. The quantitative estimate of drug-likeness (QED) is 0.298. The number of hydrogen-bond acceptors (Lipinski definition) is 9. The number of amides is 1. The number of aliphatic hydroxyl groups is 3. The number of oxazole rings is 1. The van der Waals surface area contributed by atoms with Crippen LogP contribution in [0, 0.1) is 17.2 Å². The summed E-state index contributed by atoms with van der Waals surface area (Å²) >= 11 is 0. The lowest BCUT2D eigenvalue weighted by Gasteiger charge is -2.17. The average Bonchev–Trinajstić information content (AvgIpc) is 3.50. The second-order valence-electron chi connectivity index (χ2n) is 8.94. The fourth-order valence-electron chi connectivity index (χ4n) is 4.78. The molecule has 0 saturated carbocycles. The van der Waals surface area contributed by atoms with Crippen molar-refractivity contribution in [3.8, 4) is 17.2 Å². The Labute approximate surface area is 199 Å². The molecule has 2 saturated heterocycles. The summed E-state index contributed by atoms with van der Waals surface area (Å²) in [4.78, 5) is 24.5. The van der Waals surface area contributed by atoms with Gasteiger partial charge in [0.25, 0.3) is 0 Å². The summed E-state index contributed by atoms with van der Waals surface area (Å²) in [5.41, 5.74) is 2.31. The monoisotopic (exact) mass is 480 g/mol. The highest BCUT2D eigenvalue weighted by Gasteiger charge is 2.41. The maximum atomic E-state index is 12.6. The van der Waals surface area contributed by atoms with Crippen LogP contribution in [0.4, 0.5) is 0 Å². The SMILES string of the molecule is N#C[C@H](Cc1ccc(-c2ccc3oc(=O)n(C(O)(O)O)c3c2)cc1)NC(=O)[C@@H]1C[C@@H]2COC[C@@H]2N1. The Bertz CT molecular complexity index is 1340. The first-order chi connectivity index (χ1) is 16.7. The lowest BCUT2D eigenvalue weighted by Crippen LogP contribution is -2.47. The molecule has 0 aliphatic carbocycles. The van der Waals surface area contributed by atoms with Crippen LogP contribution in [0.1, 0.15) is 12.0 Å². The molecule has 2 aliphatic heterocycles. The molecule has 2 aromatic carbocycles. The van der Waals surface area contributed by atoms with Gasteiger partial charge in [-0.05, 0) is 35.2 Å². The van der Waals surface area contributed by atoms with Crippen molar-refractivity contribution in [1.29, 1.82) is 5.26 Å². The molecule has 4 atom stereocenters. The van der Waals surface area contributed by atoms with Crippen molar-refractivity contribution in [1.82, 2.24) is 15.2 Å². The number of nitrogens with one attached hydrogen (secondary N) is 2. The standard InChI is InChI=1S/C24H24N4O7/c25-10-17(26-22(29)18-8-16-11-34-12-19(16)27-18)7-13-1-3-14(4-2-13)15-5-6-21-20(9-15)28(23(30)35-21)24(31,32)33/h1-6,9,16-19,27,31-33H,7-8,11-12H2,(H,26,29)/t16-,17+,18+,19+/m1/s1. The largest absolute Gasteiger partial charge is 0.426 e. The van der Waals surface area contributed by atoms with Gasteiger partial charge in [-0.15, -0.1) is 0 Å². The first kappa shape index (κ1) is 23.2. The van der Waals surface area contributed by atoms with Gasteiger partial charge >= 0.3 is 11.9 Å². The van der Waals surface area contributed by atoms with Gasteiger partial charge in [0.2, 0.25) is 5.91 Å². The van der Waals surface area contributed by atoms with E-state index in [9.17, 15) is 30.2 Å². The van der Waals surface area contributed by atoms with Crippen LogP contribution in [0.15, 0.2) is 51.7 Å². The molecular formula is C24H24N4O7. The number of fused-ring (bicyclic) bond motifs is 2. The van der Waals surface area contributed by atoms with Crippen molar-refractivity contribution < 1.29 is 29.3 Å². The molecule has 0 unspecified atom stereocenters. The normalized spacial score (nSPS) is 22.6. The summed E-state index contributed by atoms with van der Waals surface area (Å²) in [7, 11) is 0. The van der Waals surface area contributed by atoms with Gasteiger partial charge in [0.05, 0.1) is 30.8 Å². The summed E-state index contributed by atoms with van der Waals surface area (Å²) in [6.07, 6.45) is -2.38. The third-order valence-electron chi connectivity index (χ3n) is 6.55. The zero-order valence-electron chi connectivity index (χ0n) is 18.5. The maximum Gasteiger partial charge on any atom is 0.426 e. The van der Waals surface area contributed by atoms with E-state index in [2.05, 4.69) is 16.7 Å². The van der Waals surface area contributed by atoms with Gasteiger partial charge < -0.3 is 35.1 Å². The first-order valence-electron chi connectivity index (χ1n) is 11.2. The van der Waals surface area contributed by atoms with Crippen LogP contribution in [0.5, 0.6) is 0 Å². The van der Waals surface area contributed by atoms with E-state index in [0.717, 1.165) is 11.1 Å². The van der Waals surface area contributed by atoms with Crippen LogP contribution >= 0.6 is 0 Å². The number of nitriles is 1. The fourth-order valence-corrected chi connectivity index (χ4v) is 4.78. The van der Waals surface area contributed by atoms with Crippen molar-refractivity contribution in [2.45, 2.75) is 37.1 Å². The van der Waals surface area contributed by atoms with Gasteiger partial charge in [-0.25, -0.2) is 4.79 Å². The molecular weight excluding hydrogens is 456 g/mol. The van der Waals surface area contributed by atoms with Gasteiger partial charge in [-0.2, -0.15) is 9.83 Å². The summed E-state index contributed by atoms with van der Waals surface area (Å²) in [5, 5.41) is 44.1. The van der Waals surface area contributed by atoms with Crippen LogP contribution in [0.3, 0.4) is 0 Å². The summed E-state index contributed by atoms with van der Waals surface area (Å²) < 4.78 is 10.7. The third-order valence-corrected chi connectivity index (χ3v) is 6.55. The van der Waals surface area contributed by atoms with E-state index in [0.29, 0.717) is 42.1 Å². The number of benzene rings is 2. The van der Waals surface area contributed by atoms with Crippen LogP contribution in [-0.4, -0.2) is 57.1 Å². The molecule has 35 heavy (non-hydrogen) atoms. The van der Waals surface area contributed by atoms with E-state index in [1.807, 2.05) is 12.1 Å². The zero-order chi connectivity index (χ0) is 24.7. The number of rotatable bonds is 6. The smallest absolute Gasteiger partial charge is 0.408 e. The minimum Gasteiger partial charge on any atom is -0.408 e. The van der Waals surface area contributed by atoms with E-state index in [4.69, 9.17) is 9.15 Å².